The second-order valence-electron chi connectivity index (χ2n) is 5.48. The smallest absolute Gasteiger partial charge is 0.374 e. The van der Waals surface area contributed by atoms with Crippen LogP contribution in [-0.2, 0) is 4.74 Å². The largest absolute Gasteiger partial charge is 0.475 e. The van der Waals surface area contributed by atoms with Crippen molar-refractivity contribution in [2.75, 3.05) is 13.2 Å². The Kier molecular flexibility index (Phi) is 4.37. The molecule has 112 valence electrons. The Morgan fingerprint density at radius 3 is 2.57 bits per heavy atom. The van der Waals surface area contributed by atoms with E-state index in [2.05, 4.69) is 9.97 Å². The molecule has 0 bridgehead atoms. The number of benzene rings is 1. The van der Waals surface area contributed by atoms with Gasteiger partial charge in [0.15, 0.2) is 0 Å². The molecule has 0 spiro atoms. The maximum atomic E-state index is 11.1. The Bertz CT molecular complexity index is 650. The molecule has 1 N–H and O–H groups in total. The number of ether oxygens (including phenoxy) is 2. The summed E-state index contributed by atoms with van der Waals surface area (Å²) in [6.07, 6.45) is 0. The number of rotatable bonds is 5. The van der Waals surface area contributed by atoms with Gasteiger partial charge in [-0.1, -0.05) is 12.1 Å². The zero-order chi connectivity index (χ0) is 15.5. The van der Waals surface area contributed by atoms with E-state index in [0.29, 0.717) is 17.5 Å². The fourth-order valence-electron chi connectivity index (χ4n) is 1.74. The first-order valence-electron chi connectivity index (χ1n) is 6.64. The molecule has 6 nitrogen and oxygen atoms in total. The lowest BCUT2D eigenvalue weighted by atomic mass is 10.2. The molecular formula is C15H18N2O4. The summed E-state index contributed by atoms with van der Waals surface area (Å²) in [5.74, 6) is -1.20. The molecule has 0 unspecified atom stereocenters. The van der Waals surface area contributed by atoms with E-state index in [-0.39, 0.29) is 23.9 Å². The standard InChI is InChI=1S/C15H18N2O4/c1-15(2,3)21-9-8-20-13-10-6-4-5-7-11(10)16-12(17-13)14(18)19/h4-7H,8-9H2,1-3H3,(H,18,19). The van der Waals surface area contributed by atoms with E-state index in [9.17, 15) is 4.79 Å². The number of hydrogen-bond acceptors (Lipinski definition) is 5. The third-order valence-electron chi connectivity index (χ3n) is 2.62. The lowest BCUT2D eigenvalue weighted by Gasteiger charge is -2.19. The molecule has 0 saturated heterocycles. The van der Waals surface area contributed by atoms with E-state index in [1.54, 1.807) is 18.2 Å². The van der Waals surface area contributed by atoms with Crippen LogP contribution in [0, 0.1) is 0 Å². The van der Waals surface area contributed by atoms with Crippen LogP contribution in [-0.4, -0.2) is 39.9 Å². The number of aromatic nitrogens is 2. The Morgan fingerprint density at radius 2 is 1.90 bits per heavy atom. The fraction of sp³-hybridized carbons (Fsp3) is 0.400. The van der Waals surface area contributed by atoms with Gasteiger partial charge in [-0.05, 0) is 32.9 Å². The minimum atomic E-state index is -1.18. The van der Waals surface area contributed by atoms with Gasteiger partial charge in [-0.3, -0.25) is 0 Å². The first kappa shape index (κ1) is 15.2. The number of carboxylic acid groups (broad SMARTS) is 1. The Balaban J connectivity index is 2.19. The summed E-state index contributed by atoms with van der Waals surface area (Å²) < 4.78 is 11.1. The fourth-order valence-corrected chi connectivity index (χ4v) is 1.74. The van der Waals surface area contributed by atoms with Crippen LogP contribution in [0.5, 0.6) is 5.88 Å². The molecule has 0 atom stereocenters. The molecule has 2 rings (SSSR count). The number of nitrogens with zero attached hydrogens (tertiary/aromatic N) is 2. The van der Waals surface area contributed by atoms with Gasteiger partial charge in [0.2, 0.25) is 11.7 Å². The van der Waals surface area contributed by atoms with Crippen LogP contribution in [0.2, 0.25) is 0 Å². The predicted octanol–water partition coefficient (Wildman–Crippen LogP) is 2.52. The van der Waals surface area contributed by atoms with Crippen molar-refractivity contribution in [3.05, 3.63) is 30.1 Å². The maximum absolute atomic E-state index is 11.1. The van der Waals surface area contributed by atoms with Crippen molar-refractivity contribution in [1.82, 2.24) is 9.97 Å². The molecule has 0 saturated carbocycles. The summed E-state index contributed by atoms with van der Waals surface area (Å²) in [7, 11) is 0. The molecule has 1 heterocycles. The average Bonchev–Trinajstić information content (AvgIpc) is 2.42. The van der Waals surface area contributed by atoms with Gasteiger partial charge in [-0.2, -0.15) is 4.98 Å². The van der Waals surface area contributed by atoms with Crippen molar-refractivity contribution >= 4 is 16.9 Å². The molecule has 0 aliphatic rings. The number of aromatic carboxylic acids is 1. The van der Waals surface area contributed by atoms with E-state index in [0.717, 1.165) is 0 Å². The first-order valence-corrected chi connectivity index (χ1v) is 6.64. The highest BCUT2D eigenvalue weighted by atomic mass is 16.5. The first-order chi connectivity index (χ1) is 9.87. The highest BCUT2D eigenvalue weighted by Crippen LogP contribution is 2.22. The van der Waals surface area contributed by atoms with Gasteiger partial charge in [-0.25, -0.2) is 9.78 Å². The van der Waals surface area contributed by atoms with Gasteiger partial charge in [0, 0.05) is 0 Å². The number of carbonyl (C=O) groups is 1. The number of fused-ring (bicyclic) bond motifs is 1. The van der Waals surface area contributed by atoms with Gasteiger partial charge in [-0.15, -0.1) is 0 Å². The second-order valence-corrected chi connectivity index (χ2v) is 5.48. The topological polar surface area (TPSA) is 81.5 Å². The summed E-state index contributed by atoms with van der Waals surface area (Å²) in [6.45, 7) is 6.54. The molecule has 0 amide bonds. The predicted molar refractivity (Wildman–Crippen MR) is 77.7 cm³/mol. The quantitative estimate of drug-likeness (QED) is 0.852. The SMILES string of the molecule is CC(C)(C)OCCOc1nc(C(=O)O)nc2ccccc12. The highest BCUT2D eigenvalue weighted by Gasteiger charge is 2.14. The van der Waals surface area contributed by atoms with Gasteiger partial charge >= 0.3 is 5.97 Å². The van der Waals surface area contributed by atoms with Crippen molar-refractivity contribution in [2.24, 2.45) is 0 Å². The van der Waals surface area contributed by atoms with E-state index in [1.807, 2.05) is 26.8 Å². The lowest BCUT2D eigenvalue weighted by Crippen LogP contribution is -2.22. The van der Waals surface area contributed by atoms with Crippen molar-refractivity contribution in [3.63, 3.8) is 0 Å². The maximum Gasteiger partial charge on any atom is 0.374 e. The minimum Gasteiger partial charge on any atom is -0.475 e. The van der Waals surface area contributed by atoms with Crippen molar-refractivity contribution < 1.29 is 19.4 Å². The molecule has 1 aromatic heterocycles. The third kappa shape index (κ3) is 4.13. The summed E-state index contributed by atoms with van der Waals surface area (Å²) in [4.78, 5) is 19.0. The molecule has 0 aliphatic carbocycles. The van der Waals surface area contributed by atoms with Gasteiger partial charge in [0.1, 0.15) is 6.61 Å². The van der Waals surface area contributed by atoms with Gasteiger partial charge < -0.3 is 14.6 Å². The van der Waals surface area contributed by atoms with E-state index >= 15 is 0 Å². The van der Waals surface area contributed by atoms with Crippen LogP contribution in [0.15, 0.2) is 24.3 Å². The third-order valence-corrected chi connectivity index (χ3v) is 2.62. The normalized spacial score (nSPS) is 11.6. The Hall–Kier alpha value is -2.21. The average molecular weight is 290 g/mol. The number of hydrogen-bond donors (Lipinski definition) is 1. The molecule has 0 fully saturated rings. The Morgan fingerprint density at radius 1 is 1.19 bits per heavy atom. The van der Waals surface area contributed by atoms with Crippen LogP contribution in [0.25, 0.3) is 10.9 Å². The molecule has 1 aromatic carbocycles. The summed E-state index contributed by atoms with van der Waals surface area (Å²) in [6, 6.07) is 7.13. The molecule has 0 radical (unpaired) electrons. The number of para-hydroxylation sites is 1. The molecule has 6 heteroatoms. The number of carboxylic acids is 1. The second kappa shape index (κ2) is 6.05. The van der Waals surface area contributed by atoms with Crippen LogP contribution in [0.3, 0.4) is 0 Å². The van der Waals surface area contributed by atoms with Crippen molar-refractivity contribution in [3.8, 4) is 5.88 Å². The summed E-state index contributed by atoms with van der Waals surface area (Å²) in [5, 5.41) is 9.72. The van der Waals surface area contributed by atoms with Crippen molar-refractivity contribution in [1.29, 1.82) is 0 Å². The van der Waals surface area contributed by atoms with Crippen LogP contribution >= 0.6 is 0 Å². The molecule has 21 heavy (non-hydrogen) atoms. The zero-order valence-corrected chi connectivity index (χ0v) is 12.3. The highest BCUT2D eigenvalue weighted by molar-refractivity contribution is 5.89. The monoisotopic (exact) mass is 290 g/mol. The van der Waals surface area contributed by atoms with E-state index in [4.69, 9.17) is 14.6 Å². The molecular weight excluding hydrogens is 272 g/mol. The summed E-state index contributed by atoms with van der Waals surface area (Å²) >= 11 is 0. The minimum absolute atomic E-state index is 0.247. The molecule has 2 aromatic rings. The van der Waals surface area contributed by atoms with Crippen molar-refractivity contribution in [2.45, 2.75) is 26.4 Å². The molecule has 0 aliphatic heterocycles. The Labute approximate surface area is 122 Å². The van der Waals surface area contributed by atoms with Crippen LogP contribution < -0.4 is 4.74 Å². The van der Waals surface area contributed by atoms with Gasteiger partial charge in [0.05, 0.1) is 23.1 Å². The van der Waals surface area contributed by atoms with E-state index < -0.39 is 5.97 Å². The van der Waals surface area contributed by atoms with Gasteiger partial charge in [0.25, 0.3) is 0 Å². The summed E-state index contributed by atoms with van der Waals surface area (Å²) in [5.41, 5.74) is 0.292. The van der Waals surface area contributed by atoms with Crippen LogP contribution in [0.4, 0.5) is 0 Å². The van der Waals surface area contributed by atoms with E-state index in [1.165, 1.54) is 0 Å². The zero-order valence-electron chi connectivity index (χ0n) is 12.3. The van der Waals surface area contributed by atoms with Crippen LogP contribution in [0.1, 0.15) is 31.4 Å². The lowest BCUT2D eigenvalue weighted by molar-refractivity contribution is -0.0166.